The Hall–Kier alpha value is 0.177. The number of hydrogen-bond donors (Lipinski definition) is 0. The zero-order chi connectivity index (χ0) is 14.4. The molecule has 0 saturated heterocycles. The third-order valence-electron chi connectivity index (χ3n) is 4.02. The fourth-order valence-corrected chi connectivity index (χ4v) is 7.62. The SMILES string of the molecule is CCCCCCCCO[Si](CCC)(CCC)CCC. The molecule has 2 heteroatoms. The predicted molar refractivity (Wildman–Crippen MR) is 90.4 cm³/mol. The molecular weight excluding hydrogens is 248 g/mol. The van der Waals surface area contributed by atoms with E-state index in [0.717, 1.165) is 6.61 Å². The Morgan fingerprint density at radius 2 is 1.05 bits per heavy atom. The Labute approximate surface area is 123 Å². The highest BCUT2D eigenvalue weighted by atomic mass is 28.4. The summed E-state index contributed by atoms with van der Waals surface area (Å²) >= 11 is 0. The van der Waals surface area contributed by atoms with Crippen molar-refractivity contribution < 1.29 is 4.43 Å². The molecular formula is C17H38OSi. The molecule has 0 aromatic carbocycles. The van der Waals surface area contributed by atoms with Crippen molar-refractivity contribution in [2.75, 3.05) is 6.61 Å². The summed E-state index contributed by atoms with van der Waals surface area (Å²) in [7, 11) is -1.37. The van der Waals surface area contributed by atoms with Crippen molar-refractivity contribution in [3.05, 3.63) is 0 Å². The topological polar surface area (TPSA) is 9.23 Å². The average molecular weight is 287 g/mol. The largest absolute Gasteiger partial charge is 0.417 e. The molecule has 0 bridgehead atoms. The lowest BCUT2D eigenvalue weighted by Crippen LogP contribution is -2.38. The van der Waals surface area contributed by atoms with Crippen LogP contribution in [0.15, 0.2) is 0 Å². The highest BCUT2D eigenvalue weighted by molar-refractivity contribution is 6.73. The van der Waals surface area contributed by atoms with Crippen LogP contribution in [0.4, 0.5) is 0 Å². The monoisotopic (exact) mass is 286 g/mol. The number of hydrogen-bond acceptors (Lipinski definition) is 1. The lowest BCUT2D eigenvalue weighted by molar-refractivity contribution is 0.283. The Balaban J connectivity index is 3.89. The van der Waals surface area contributed by atoms with Crippen LogP contribution in [0.25, 0.3) is 0 Å². The Morgan fingerprint density at radius 1 is 0.579 bits per heavy atom. The van der Waals surface area contributed by atoms with Gasteiger partial charge in [0.1, 0.15) is 0 Å². The molecule has 1 nitrogen and oxygen atoms in total. The fraction of sp³-hybridized carbons (Fsp3) is 1.00. The van der Waals surface area contributed by atoms with Crippen molar-refractivity contribution >= 4 is 8.32 Å². The fourth-order valence-electron chi connectivity index (χ4n) is 3.13. The molecule has 0 N–H and O–H groups in total. The molecule has 116 valence electrons. The molecule has 0 aromatic heterocycles. The molecule has 0 saturated carbocycles. The maximum absolute atomic E-state index is 6.50. The lowest BCUT2D eigenvalue weighted by Gasteiger charge is -2.31. The smallest absolute Gasteiger partial charge is 0.192 e. The average Bonchev–Trinajstić information content (AvgIpc) is 2.39. The van der Waals surface area contributed by atoms with Crippen LogP contribution in [0.3, 0.4) is 0 Å². The van der Waals surface area contributed by atoms with Crippen molar-refractivity contribution in [3.8, 4) is 0 Å². The molecule has 0 aliphatic rings. The van der Waals surface area contributed by atoms with Gasteiger partial charge in [0.2, 0.25) is 0 Å². The van der Waals surface area contributed by atoms with E-state index >= 15 is 0 Å². The van der Waals surface area contributed by atoms with E-state index in [9.17, 15) is 0 Å². The van der Waals surface area contributed by atoms with Gasteiger partial charge in [-0.1, -0.05) is 79.1 Å². The molecule has 0 fully saturated rings. The predicted octanol–water partition coefficient (Wildman–Crippen LogP) is 6.54. The van der Waals surface area contributed by atoms with Crippen molar-refractivity contribution in [2.45, 2.75) is 104 Å². The second-order valence-corrected chi connectivity index (χ2v) is 10.2. The molecule has 0 rings (SSSR count). The third kappa shape index (κ3) is 9.67. The van der Waals surface area contributed by atoms with Crippen molar-refractivity contribution in [1.29, 1.82) is 0 Å². The van der Waals surface area contributed by atoms with E-state index in [1.165, 1.54) is 75.9 Å². The van der Waals surface area contributed by atoms with Gasteiger partial charge in [0.25, 0.3) is 0 Å². The summed E-state index contributed by atoms with van der Waals surface area (Å²) in [4.78, 5) is 0. The van der Waals surface area contributed by atoms with Crippen LogP contribution < -0.4 is 0 Å². The van der Waals surface area contributed by atoms with Crippen LogP contribution in [0.2, 0.25) is 18.1 Å². The normalized spacial score (nSPS) is 12.0. The molecule has 0 unspecified atom stereocenters. The van der Waals surface area contributed by atoms with Crippen molar-refractivity contribution in [3.63, 3.8) is 0 Å². The number of unbranched alkanes of at least 4 members (excludes halogenated alkanes) is 5. The summed E-state index contributed by atoms with van der Waals surface area (Å²) < 4.78 is 6.50. The summed E-state index contributed by atoms with van der Waals surface area (Å²) in [6, 6.07) is 4.14. The van der Waals surface area contributed by atoms with Gasteiger partial charge in [-0.3, -0.25) is 0 Å². The van der Waals surface area contributed by atoms with E-state index < -0.39 is 8.32 Å². The molecule has 19 heavy (non-hydrogen) atoms. The first-order chi connectivity index (χ1) is 9.24. The van der Waals surface area contributed by atoms with Gasteiger partial charge in [-0.15, -0.1) is 0 Å². The van der Waals surface area contributed by atoms with Crippen LogP contribution in [-0.2, 0) is 4.43 Å². The first kappa shape index (κ1) is 19.2. The summed E-state index contributed by atoms with van der Waals surface area (Å²) in [6.45, 7) is 10.3. The molecule has 0 spiro atoms. The van der Waals surface area contributed by atoms with Gasteiger partial charge in [0, 0.05) is 6.61 Å². The molecule has 0 aliphatic carbocycles. The molecule has 0 aliphatic heterocycles. The lowest BCUT2D eigenvalue weighted by atomic mass is 10.1. The maximum atomic E-state index is 6.50. The highest BCUT2D eigenvalue weighted by Crippen LogP contribution is 2.27. The summed E-state index contributed by atoms with van der Waals surface area (Å²) in [5.41, 5.74) is 0. The van der Waals surface area contributed by atoms with E-state index in [2.05, 4.69) is 27.7 Å². The molecule has 0 atom stereocenters. The summed E-state index contributed by atoms with van der Waals surface area (Å²) in [6.07, 6.45) is 12.1. The minimum absolute atomic E-state index is 1.04. The van der Waals surface area contributed by atoms with Gasteiger partial charge >= 0.3 is 0 Å². The van der Waals surface area contributed by atoms with Crippen LogP contribution >= 0.6 is 0 Å². The van der Waals surface area contributed by atoms with Gasteiger partial charge in [-0.2, -0.15) is 0 Å². The molecule has 0 radical (unpaired) electrons. The van der Waals surface area contributed by atoms with E-state index in [1.54, 1.807) is 0 Å². The second-order valence-electron chi connectivity index (χ2n) is 6.05. The molecule has 0 heterocycles. The first-order valence-corrected chi connectivity index (χ1v) is 11.4. The van der Waals surface area contributed by atoms with Crippen molar-refractivity contribution in [1.82, 2.24) is 0 Å². The minimum atomic E-state index is -1.37. The summed E-state index contributed by atoms with van der Waals surface area (Å²) in [5.74, 6) is 0. The van der Waals surface area contributed by atoms with Gasteiger partial charge in [-0.25, -0.2) is 0 Å². The molecule has 0 aromatic rings. The van der Waals surface area contributed by atoms with Crippen LogP contribution in [0.1, 0.15) is 85.5 Å². The minimum Gasteiger partial charge on any atom is -0.417 e. The zero-order valence-electron chi connectivity index (χ0n) is 14.1. The van der Waals surface area contributed by atoms with E-state index in [1.807, 2.05) is 0 Å². The standard InChI is InChI=1S/C17H38OSi/c1-5-9-10-11-12-13-14-18-19(15-6-2,16-7-3)17-8-4/h5-17H2,1-4H3. The highest BCUT2D eigenvalue weighted by Gasteiger charge is 2.31. The van der Waals surface area contributed by atoms with Crippen molar-refractivity contribution in [2.24, 2.45) is 0 Å². The van der Waals surface area contributed by atoms with Gasteiger partial charge < -0.3 is 4.43 Å². The summed E-state index contributed by atoms with van der Waals surface area (Å²) in [5, 5.41) is 0. The van der Waals surface area contributed by atoms with Gasteiger partial charge in [-0.05, 0) is 24.6 Å². The Morgan fingerprint density at radius 3 is 1.53 bits per heavy atom. The van der Waals surface area contributed by atoms with Gasteiger partial charge in [0.05, 0.1) is 0 Å². The maximum Gasteiger partial charge on any atom is 0.192 e. The molecule has 0 amide bonds. The van der Waals surface area contributed by atoms with E-state index in [0.29, 0.717) is 0 Å². The van der Waals surface area contributed by atoms with Crippen LogP contribution in [-0.4, -0.2) is 14.9 Å². The first-order valence-electron chi connectivity index (χ1n) is 8.88. The van der Waals surface area contributed by atoms with E-state index in [4.69, 9.17) is 4.43 Å². The Kier molecular flexibility index (Phi) is 13.3. The van der Waals surface area contributed by atoms with Gasteiger partial charge in [0.15, 0.2) is 8.32 Å². The van der Waals surface area contributed by atoms with Crippen LogP contribution in [0.5, 0.6) is 0 Å². The van der Waals surface area contributed by atoms with Crippen LogP contribution in [0, 0.1) is 0 Å². The third-order valence-corrected chi connectivity index (χ3v) is 9.07. The quantitative estimate of drug-likeness (QED) is 0.260. The Bertz CT molecular complexity index is 165. The zero-order valence-corrected chi connectivity index (χ0v) is 15.1. The number of rotatable bonds is 14. The second kappa shape index (κ2) is 13.2. The van der Waals surface area contributed by atoms with E-state index in [-0.39, 0.29) is 0 Å².